The lowest BCUT2D eigenvalue weighted by molar-refractivity contribution is -0.131. The van der Waals surface area contributed by atoms with Gasteiger partial charge in [0, 0.05) is 101 Å². The highest BCUT2D eigenvalue weighted by Gasteiger charge is 2.17. The molecule has 0 fully saturated rings. The summed E-state index contributed by atoms with van der Waals surface area (Å²) in [7, 11) is 0. The van der Waals surface area contributed by atoms with Crippen LogP contribution in [0.4, 0.5) is 0 Å². The first-order valence-electron chi connectivity index (χ1n) is 29.1. The van der Waals surface area contributed by atoms with Crippen LogP contribution in [0.5, 0.6) is 0 Å². The van der Waals surface area contributed by atoms with Crippen molar-refractivity contribution in [3.63, 3.8) is 0 Å². The summed E-state index contributed by atoms with van der Waals surface area (Å²) in [5.74, 6) is 15.7. The van der Waals surface area contributed by atoms with Crippen LogP contribution in [0, 0.1) is 0 Å². The summed E-state index contributed by atoms with van der Waals surface area (Å²) >= 11 is 14.9. The number of nitrogens with two attached hydrogens (primary N) is 6. The van der Waals surface area contributed by atoms with Gasteiger partial charge in [0.05, 0.1) is 25.8 Å². The maximum Gasteiger partial charge on any atom is 0.223 e. The Morgan fingerprint density at radius 1 is 0.458 bits per heavy atom. The van der Waals surface area contributed by atoms with E-state index in [0.29, 0.717) is 104 Å². The lowest BCUT2D eigenvalue weighted by atomic mass is 10.1. The molecule has 0 radical (unpaired) electrons. The molecular weight excluding hydrogens is 1210 g/mol. The third-order valence-corrected chi connectivity index (χ3v) is 21.1. The summed E-state index contributed by atoms with van der Waals surface area (Å²) < 4.78 is 0. The summed E-state index contributed by atoms with van der Waals surface area (Å²) in [4.78, 5) is 78.5. The molecule has 0 aliphatic carbocycles. The van der Waals surface area contributed by atoms with Crippen molar-refractivity contribution in [1.82, 2.24) is 19.6 Å². The Labute approximate surface area is 531 Å². The maximum absolute atomic E-state index is 13.3. The van der Waals surface area contributed by atoms with Gasteiger partial charge in [0.2, 0.25) is 23.6 Å². The van der Waals surface area contributed by atoms with Crippen molar-refractivity contribution in [2.75, 3.05) is 164 Å². The minimum absolute atomic E-state index is 0.0274. The van der Waals surface area contributed by atoms with Crippen molar-refractivity contribution in [2.45, 2.75) is 83.6 Å². The van der Waals surface area contributed by atoms with E-state index in [9.17, 15) is 19.2 Å². The molecule has 4 amide bonds. The van der Waals surface area contributed by atoms with Gasteiger partial charge in [-0.2, -0.15) is 94.1 Å². The zero-order valence-corrected chi connectivity index (χ0v) is 55.8. The molecule has 3 rings (SSSR count). The first kappa shape index (κ1) is 76.0. The standard InChI is InChI=1S/C56H100N14O5S8/c1-2-22-70-47-49-13-11-48(12-14-49)46-66-75-29-6-33-79-37-10-41-82-44-17-52(73)69(28-21-65-56(61)62)24-4-31-77-35-8-39-80-42-15-50(71)67(26-19-63-54(57)58)23-3-30-76-34-7-38-81-43-16-51(72)68(27-20-64-55(59)60)25-5-32-78-36-9-40-83-45-18-53(70)74/h2,11-14,46H,1,3-10,15-45,47H2,(H4,57,58,63)(H4,59,60,64)(H4,61,62,65). The summed E-state index contributed by atoms with van der Waals surface area (Å²) in [5.41, 5.74) is 35.5. The van der Waals surface area contributed by atoms with Gasteiger partial charge >= 0.3 is 0 Å². The third kappa shape index (κ3) is 44.1. The number of hydrogen-bond donors (Lipinski definition) is 6. The quantitative estimate of drug-likeness (QED) is 0.0791. The molecular formula is C56H100N14O5S8. The van der Waals surface area contributed by atoms with Gasteiger partial charge in [-0.3, -0.25) is 34.2 Å². The van der Waals surface area contributed by atoms with Crippen LogP contribution in [0.3, 0.4) is 0 Å². The fourth-order valence-electron chi connectivity index (χ4n) is 7.91. The number of oxime groups is 1. The minimum Gasteiger partial charge on any atom is -0.396 e. The van der Waals surface area contributed by atoms with Gasteiger partial charge in [-0.05, 0) is 132 Å². The molecule has 1 aromatic carbocycles. The normalized spacial score (nSPS) is 19.0. The van der Waals surface area contributed by atoms with Gasteiger partial charge < -0.3 is 58.8 Å². The highest BCUT2D eigenvalue weighted by Crippen LogP contribution is 2.18. The average Bonchev–Trinajstić information content (AvgIpc) is 3.48. The Morgan fingerprint density at radius 2 is 0.771 bits per heavy atom. The Morgan fingerprint density at radius 3 is 1.11 bits per heavy atom. The van der Waals surface area contributed by atoms with E-state index in [1.807, 2.05) is 138 Å². The number of guanidine groups is 3. The van der Waals surface area contributed by atoms with Crippen molar-refractivity contribution >= 4 is 142 Å². The lowest BCUT2D eigenvalue weighted by Crippen LogP contribution is -2.35. The smallest absolute Gasteiger partial charge is 0.223 e. The van der Waals surface area contributed by atoms with E-state index in [2.05, 4.69) is 26.7 Å². The first-order valence-corrected chi connectivity index (χ1v) is 38.4. The number of hydrogen-bond acceptors (Lipinski definition) is 17. The molecule has 2 aliphatic heterocycles. The van der Waals surface area contributed by atoms with E-state index in [-0.39, 0.29) is 41.5 Å². The molecule has 0 unspecified atom stereocenters. The van der Waals surface area contributed by atoms with Crippen LogP contribution in [0.2, 0.25) is 0 Å². The summed E-state index contributed by atoms with van der Waals surface area (Å²) in [6.07, 6.45) is 13.3. The second kappa shape index (κ2) is 53.2. The second-order valence-electron chi connectivity index (χ2n) is 19.2. The molecule has 2 heterocycles. The number of fused-ring (bicyclic) bond motifs is 52. The number of thioether (sulfide) groups is 8. The van der Waals surface area contributed by atoms with Crippen LogP contribution in [-0.4, -0.2) is 231 Å². The van der Waals surface area contributed by atoms with Crippen LogP contribution >= 0.6 is 94.1 Å². The van der Waals surface area contributed by atoms with Crippen LogP contribution in [0.25, 0.3) is 0 Å². The minimum atomic E-state index is 0.0274. The molecule has 83 heavy (non-hydrogen) atoms. The van der Waals surface area contributed by atoms with Crippen molar-refractivity contribution in [1.29, 1.82) is 0 Å². The van der Waals surface area contributed by atoms with E-state index in [1.165, 1.54) is 0 Å². The van der Waals surface area contributed by atoms with Crippen molar-refractivity contribution in [2.24, 2.45) is 54.5 Å². The topological polar surface area (TPSA) is 296 Å². The van der Waals surface area contributed by atoms with Crippen LogP contribution < -0.4 is 34.4 Å². The number of aliphatic imine (C=N–C) groups is 3. The Kier molecular flexibility index (Phi) is 48.7. The van der Waals surface area contributed by atoms with E-state index < -0.39 is 0 Å². The number of rotatable bonds is 11. The van der Waals surface area contributed by atoms with Crippen molar-refractivity contribution in [3.05, 3.63) is 48.0 Å². The highest BCUT2D eigenvalue weighted by atomic mass is 32.2. The van der Waals surface area contributed by atoms with E-state index >= 15 is 0 Å². The highest BCUT2D eigenvalue weighted by molar-refractivity contribution is 8.01. The lowest BCUT2D eigenvalue weighted by Gasteiger charge is -2.22. The Balaban J connectivity index is 1.91. The molecule has 2 aliphatic rings. The van der Waals surface area contributed by atoms with E-state index in [4.69, 9.17) is 39.2 Å². The van der Waals surface area contributed by atoms with Gasteiger partial charge in [-0.15, -0.1) is 6.58 Å². The number of amides is 4. The van der Waals surface area contributed by atoms with Crippen LogP contribution in [0.15, 0.2) is 57.1 Å². The Hall–Kier alpha value is -3.08. The van der Waals surface area contributed by atoms with Crippen LogP contribution in [-0.2, 0) is 30.6 Å². The largest absolute Gasteiger partial charge is 0.396 e. The fourth-order valence-corrected chi connectivity index (χ4v) is 15.7. The predicted molar refractivity (Wildman–Crippen MR) is 371 cm³/mol. The van der Waals surface area contributed by atoms with E-state index in [1.54, 1.807) is 12.3 Å². The number of carbonyl (C=O) groups excluding carboxylic acids is 4. The van der Waals surface area contributed by atoms with Crippen LogP contribution in [0.1, 0.15) is 88.2 Å². The molecule has 1 aromatic rings. The number of benzene rings is 1. The predicted octanol–water partition coefficient (Wildman–Crippen LogP) is 6.42. The zero-order valence-electron chi connectivity index (χ0n) is 49.3. The van der Waals surface area contributed by atoms with Crippen molar-refractivity contribution in [3.8, 4) is 0 Å². The second-order valence-corrected chi connectivity index (χ2v) is 29.0. The Bertz CT molecular complexity index is 2000. The third-order valence-electron chi connectivity index (χ3n) is 12.2. The van der Waals surface area contributed by atoms with Crippen molar-refractivity contribution < 1.29 is 24.0 Å². The van der Waals surface area contributed by atoms with Gasteiger partial charge in [-0.25, -0.2) is 0 Å². The monoisotopic (exact) mass is 1300 g/mol. The van der Waals surface area contributed by atoms with Gasteiger partial charge in [0.25, 0.3) is 0 Å². The SMILES string of the molecule is C=CCN1Cc2ccc(cc2)C=NOCCCSCCCSCCC(=O)N(CCN=C(N)N)CCCSCCCSCCC(=O)N(CCN=C(N)N)CCCSCCCSCCC(=O)N(CCN=C(N)N)CCCSCCCSCCC1=O. The fraction of sp³-hybridized carbons (Fsp3) is 0.714. The van der Waals surface area contributed by atoms with E-state index in [0.717, 1.165) is 155 Å². The summed E-state index contributed by atoms with van der Waals surface area (Å²) in [6.45, 7) is 10.1. The molecule has 0 spiro atoms. The maximum atomic E-state index is 13.3. The molecule has 0 saturated heterocycles. The summed E-state index contributed by atoms with van der Waals surface area (Å²) in [5, 5.41) is 4.17. The molecule has 19 nitrogen and oxygen atoms in total. The molecule has 27 heteroatoms. The molecule has 472 valence electrons. The number of nitrogens with zero attached hydrogens (tertiary/aromatic N) is 8. The molecule has 0 saturated carbocycles. The molecule has 0 atom stereocenters. The summed E-state index contributed by atoms with van der Waals surface area (Å²) in [6, 6.07) is 8.04. The van der Waals surface area contributed by atoms with Gasteiger partial charge in [0.1, 0.15) is 6.61 Å². The molecule has 0 aromatic heterocycles. The average molecular weight is 1310 g/mol. The first-order chi connectivity index (χ1) is 40.4. The van der Waals surface area contributed by atoms with Gasteiger partial charge in [-0.1, -0.05) is 35.5 Å². The number of carbonyl (C=O) groups is 4. The van der Waals surface area contributed by atoms with Gasteiger partial charge in [0.15, 0.2) is 17.9 Å². The zero-order chi connectivity index (χ0) is 60.2. The molecule has 12 N–H and O–H groups in total. The molecule has 2 bridgehead atoms.